The molecule has 0 saturated carbocycles. The van der Waals surface area contributed by atoms with Gasteiger partial charge in [-0.3, -0.25) is 0 Å². The molecule has 0 amide bonds. The highest BCUT2D eigenvalue weighted by Crippen LogP contribution is 2.22. The summed E-state index contributed by atoms with van der Waals surface area (Å²) >= 11 is 0. The molecular weight excluding hydrogens is 294 g/mol. The smallest absolute Gasteiger partial charge is 0.0276 e. The van der Waals surface area contributed by atoms with Crippen LogP contribution in [0.4, 0.5) is 0 Å². The fraction of sp³-hybridized carbons (Fsp3) is 0.182. The van der Waals surface area contributed by atoms with E-state index in [2.05, 4.69) is 91.0 Å². The lowest BCUT2D eigenvalue weighted by molar-refractivity contribution is 0.415. The monoisotopic (exact) mass is 319 g/mol. The maximum Gasteiger partial charge on any atom is 0.0276 e. The van der Waals surface area contributed by atoms with Crippen LogP contribution in [0, 0.1) is 0 Å². The van der Waals surface area contributed by atoms with Crippen LogP contribution < -0.4 is 5.73 Å². The Bertz CT molecular complexity index is 609. The van der Waals surface area contributed by atoms with Crippen molar-refractivity contribution in [3.63, 3.8) is 0 Å². The topological polar surface area (TPSA) is 57.5 Å². The van der Waals surface area contributed by atoms with Gasteiger partial charge in [-0.15, -0.1) is 0 Å². The number of nitrogens with two attached hydrogens (primary N) is 1. The average Bonchev–Trinajstić information content (AvgIpc) is 2.57. The van der Waals surface area contributed by atoms with Crippen LogP contribution in [0.25, 0.3) is 0 Å². The van der Waals surface area contributed by atoms with E-state index in [9.17, 15) is 0 Å². The van der Waals surface area contributed by atoms with Crippen molar-refractivity contribution in [2.45, 2.75) is 24.8 Å². The lowest BCUT2D eigenvalue weighted by Crippen LogP contribution is -2.46. The van der Waals surface area contributed by atoms with E-state index in [1.807, 2.05) is 0 Å². The summed E-state index contributed by atoms with van der Waals surface area (Å²) in [4.78, 5) is 0. The number of rotatable bonds is 6. The predicted molar refractivity (Wildman–Crippen MR) is 101 cm³/mol. The maximum atomic E-state index is 6.89. The van der Waals surface area contributed by atoms with E-state index in [-0.39, 0.29) is 11.0 Å². The van der Waals surface area contributed by atoms with Crippen molar-refractivity contribution >= 4 is 0 Å². The van der Waals surface area contributed by atoms with Gasteiger partial charge in [0.2, 0.25) is 0 Å². The first kappa shape index (κ1) is 17.9. The Morgan fingerprint density at radius 3 is 1.00 bits per heavy atom. The van der Waals surface area contributed by atoms with Gasteiger partial charge in [0, 0.05) is 5.54 Å². The molecule has 24 heavy (non-hydrogen) atoms. The minimum absolute atomic E-state index is 0. The molecule has 2 nitrogen and oxygen atoms in total. The van der Waals surface area contributed by atoms with E-state index in [4.69, 9.17) is 5.73 Å². The summed E-state index contributed by atoms with van der Waals surface area (Å²) in [5, 5.41) is 0. The minimum Gasteiger partial charge on any atom is -0.412 e. The fourth-order valence-corrected chi connectivity index (χ4v) is 3.19. The molecule has 0 bridgehead atoms. The average molecular weight is 319 g/mol. The Labute approximate surface area is 144 Å². The van der Waals surface area contributed by atoms with Gasteiger partial charge < -0.3 is 11.2 Å². The van der Waals surface area contributed by atoms with Crippen LogP contribution in [0.1, 0.15) is 16.7 Å². The number of hydrogen-bond acceptors (Lipinski definition) is 1. The fourth-order valence-electron chi connectivity index (χ4n) is 3.19. The summed E-state index contributed by atoms with van der Waals surface area (Å²) < 4.78 is 0. The highest BCUT2D eigenvalue weighted by Gasteiger charge is 2.26. The molecule has 0 atom stereocenters. The molecular formula is C22H25NO. The number of benzene rings is 3. The zero-order chi connectivity index (χ0) is 16.0. The predicted octanol–water partition coefficient (Wildman–Crippen LogP) is 3.59. The first-order chi connectivity index (χ1) is 11.2. The third-order valence-corrected chi connectivity index (χ3v) is 4.20. The molecule has 4 N–H and O–H groups in total. The highest BCUT2D eigenvalue weighted by molar-refractivity contribution is 5.26. The van der Waals surface area contributed by atoms with E-state index in [0.29, 0.717) is 0 Å². The van der Waals surface area contributed by atoms with Crippen molar-refractivity contribution < 1.29 is 5.48 Å². The standard InChI is InChI=1S/C22H23N.H2O/c23-22(16-19-10-4-1-5-11-19,17-20-12-6-2-7-13-20)18-21-14-8-3-9-15-21;/h1-15H,16-18,23H2;1H2. The van der Waals surface area contributed by atoms with Crippen LogP contribution in [0.15, 0.2) is 91.0 Å². The van der Waals surface area contributed by atoms with Gasteiger partial charge in [0.1, 0.15) is 0 Å². The molecule has 3 aromatic rings. The van der Waals surface area contributed by atoms with Crippen LogP contribution in [0.3, 0.4) is 0 Å². The first-order valence-electron chi connectivity index (χ1n) is 8.14. The third-order valence-electron chi connectivity index (χ3n) is 4.20. The normalized spacial score (nSPS) is 10.9. The summed E-state index contributed by atoms with van der Waals surface area (Å²) in [6.07, 6.45) is 2.62. The van der Waals surface area contributed by atoms with Gasteiger partial charge in [-0.1, -0.05) is 91.0 Å². The molecule has 3 aromatic carbocycles. The Kier molecular flexibility index (Phi) is 6.30. The summed E-state index contributed by atoms with van der Waals surface area (Å²) in [5.74, 6) is 0. The molecule has 0 aliphatic rings. The highest BCUT2D eigenvalue weighted by atomic mass is 16.0. The quantitative estimate of drug-likeness (QED) is 0.741. The van der Waals surface area contributed by atoms with Gasteiger partial charge in [0.25, 0.3) is 0 Å². The third kappa shape index (κ3) is 5.05. The second-order valence-corrected chi connectivity index (χ2v) is 6.35. The van der Waals surface area contributed by atoms with Crippen LogP contribution in [-0.2, 0) is 19.3 Å². The van der Waals surface area contributed by atoms with Gasteiger partial charge in [-0.25, -0.2) is 0 Å². The van der Waals surface area contributed by atoms with Gasteiger partial charge in [0.15, 0.2) is 0 Å². The molecule has 0 aliphatic heterocycles. The molecule has 0 spiro atoms. The largest absolute Gasteiger partial charge is 0.412 e. The second kappa shape index (κ2) is 8.44. The van der Waals surface area contributed by atoms with Gasteiger partial charge >= 0.3 is 0 Å². The Morgan fingerprint density at radius 1 is 0.500 bits per heavy atom. The molecule has 0 radical (unpaired) electrons. The molecule has 2 heteroatoms. The Hall–Kier alpha value is -2.42. The van der Waals surface area contributed by atoms with E-state index < -0.39 is 0 Å². The SMILES string of the molecule is NC(Cc1ccccc1)(Cc1ccccc1)Cc1ccccc1.O. The maximum absolute atomic E-state index is 6.89. The van der Waals surface area contributed by atoms with Crippen molar-refractivity contribution in [1.82, 2.24) is 0 Å². The van der Waals surface area contributed by atoms with E-state index in [0.717, 1.165) is 19.3 Å². The first-order valence-corrected chi connectivity index (χ1v) is 8.14. The zero-order valence-electron chi connectivity index (χ0n) is 13.9. The summed E-state index contributed by atoms with van der Waals surface area (Å²) in [7, 11) is 0. The molecule has 0 unspecified atom stereocenters. The van der Waals surface area contributed by atoms with E-state index in [1.54, 1.807) is 0 Å². The summed E-state index contributed by atoms with van der Waals surface area (Å²) in [6, 6.07) is 31.6. The summed E-state index contributed by atoms with van der Waals surface area (Å²) in [5.41, 5.74) is 10.5. The van der Waals surface area contributed by atoms with Crippen LogP contribution in [0.5, 0.6) is 0 Å². The van der Waals surface area contributed by atoms with Crippen LogP contribution >= 0.6 is 0 Å². The minimum atomic E-state index is -0.288. The zero-order valence-corrected chi connectivity index (χ0v) is 13.9. The van der Waals surface area contributed by atoms with Gasteiger partial charge in [-0.05, 0) is 36.0 Å². The lowest BCUT2D eigenvalue weighted by Gasteiger charge is -2.30. The van der Waals surface area contributed by atoms with Crippen molar-refractivity contribution in [1.29, 1.82) is 0 Å². The number of hydrogen-bond donors (Lipinski definition) is 1. The van der Waals surface area contributed by atoms with Crippen molar-refractivity contribution in [2.24, 2.45) is 5.73 Å². The molecule has 0 fully saturated rings. The van der Waals surface area contributed by atoms with Crippen molar-refractivity contribution in [3.8, 4) is 0 Å². The van der Waals surface area contributed by atoms with Crippen LogP contribution in [-0.4, -0.2) is 11.0 Å². The molecule has 0 heterocycles. The lowest BCUT2D eigenvalue weighted by atomic mass is 9.81. The molecule has 3 rings (SSSR count). The van der Waals surface area contributed by atoms with Crippen molar-refractivity contribution in [2.75, 3.05) is 0 Å². The Morgan fingerprint density at radius 2 is 0.750 bits per heavy atom. The summed E-state index contributed by atoms with van der Waals surface area (Å²) in [6.45, 7) is 0. The molecule has 0 aromatic heterocycles. The van der Waals surface area contributed by atoms with E-state index >= 15 is 0 Å². The van der Waals surface area contributed by atoms with Crippen LogP contribution in [0.2, 0.25) is 0 Å². The van der Waals surface area contributed by atoms with Crippen molar-refractivity contribution in [3.05, 3.63) is 108 Å². The molecule has 0 aliphatic carbocycles. The molecule has 124 valence electrons. The Balaban J connectivity index is 0.00000208. The van der Waals surface area contributed by atoms with Gasteiger partial charge in [0.05, 0.1) is 0 Å². The molecule has 0 saturated heterocycles. The van der Waals surface area contributed by atoms with Gasteiger partial charge in [-0.2, -0.15) is 0 Å². The van der Waals surface area contributed by atoms with E-state index in [1.165, 1.54) is 16.7 Å². The second-order valence-electron chi connectivity index (χ2n) is 6.35.